The second-order valence-corrected chi connectivity index (χ2v) is 2.60. The van der Waals surface area contributed by atoms with E-state index < -0.39 is 24.2 Å². The minimum absolute atomic E-state index is 0. The van der Waals surface area contributed by atoms with E-state index in [2.05, 4.69) is 5.32 Å². The second-order valence-electron chi connectivity index (χ2n) is 2.60. The standard InChI is InChI=1S/C6H9F2NO2.ClH/c7-5(8)3-1-9-2-4(3)6(10)11;/h3-5,9H,1-2H2,(H,10,11);1H/t3-,4-;/m1./s1. The molecule has 1 aliphatic heterocycles. The number of hydrogen-bond donors (Lipinski definition) is 2. The molecule has 0 aliphatic carbocycles. The van der Waals surface area contributed by atoms with Gasteiger partial charge in [-0.05, 0) is 0 Å². The maximum Gasteiger partial charge on any atom is 0.308 e. The van der Waals surface area contributed by atoms with Crippen molar-refractivity contribution in [1.82, 2.24) is 5.32 Å². The summed E-state index contributed by atoms with van der Waals surface area (Å²) in [5, 5.41) is 11.1. The fraction of sp³-hybridized carbons (Fsp3) is 0.833. The maximum absolute atomic E-state index is 12.0. The molecule has 0 bridgehead atoms. The highest BCUT2D eigenvalue weighted by atomic mass is 35.5. The van der Waals surface area contributed by atoms with Gasteiger partial charge in [0.2, 0.25) is 6.43 Å². The average Bonchev–Trinajstić information content (AvgIpc) is 2.32. The van der Waals surface area contributed by atoms with Crippen molar-refractivity contribution in [3.8, 4) is 0 Å². The van der Waals surface area contributed by atoms with E-state index in [0.717, 1.165) is 0 Å². The van der Waals surface area contributed by atoms with Crippen LogP contribution in [0.25, 0.3) is 0 Å². The zero-order chi connectivity index (χ0) is 8.43. The minimum Gasteiger partial charge on any atom is -0.481 e. The van der Waals surface area contributed by atoms with Crippen LogP contribution in [0, 0.1) is 11.8 Å². The number of carboxylic acid groups (broad SMARTS) is 1. The van der Waals surface area contributed by atoms with Crippen LogP contribution >= 0.6 is 12.4 Å². The fourth-order valence-electron chi connectivity index (χ4n) is 1.23. The minimum atomic E-state index is -2.54. The quantitative estimate of drug-likeness (QED) is 0.688. The van der Waals surface area contributed by atoms with Crippen molar-refractivity contribution < 1.29 is 18.7 Å². The molecule has 1 heterocycles. The molecule has 2 N–H and O–H groups in total. The predicted molar refractivity (Wildman–Crippen MR) is 40.7 cm³/mol. The van der Waals surface area contributed by atoms with Gasteiger partial charge in [-0.3, -0.25) is 4.79 Å². The SMILES string of the molecule is Cl.O=C(O)[C@@H]1CNC[C@H]1C(F)F. The van der Waals surface area contributed by atoms with Crippen LogP contribution in [-0.4, -0.2) is 30.6 Å². The van der Waals surface area contributed by atoms with E-state index in [1.54, 1.807) is 0 Å². The van der Waals surface area contributed by atoms with E-state index in [4.69, 9.17) is 5.11 Å². The average molecular weight is 202 g/mol. The number of nitrogens with one attached hydrogen (secondary N) is 1. The van der Waals surface area contributed by atoms with E-state index in [-0.39, 0.29) is 25.5 Å². The van der Waals surface area contributed by atoms with E-state index in [0.29, 0.717) is 0 Å². The van der Waals surface area contributed by atoms with Gasteiger partial charge in [-0.25, -0.2) is 8.78 Å². The van der Waals surface area contributed by atoms with Crippen molar-refractivity contribution in [2.75, 3.05) is 13.1 Å². The van der Waals surface area contributed by atoms with Crippen molar-refractivity contribution in [2.45, 2.75) is 6.43 Å². The van der Waals surface area contributed by atoms with Gasteiger partial charge < -0.3 is 10.4 Å². The van der Waals surface area contributed by atoms with Gasteiger partial charge in [0.25, 0.3) is 0 Å². The van der Waals surface area contributed by atoms with Gasteiger partial charge >= 0.3 is 5.97 Å². The summed E-state index contributed by atoms with van der Waals surface area (Å²) in [6.07, 6.45) is -2.54. The maximum atomic E-state index is 12.0. The smallest absolute Gasteiger partial charge is 0.308 e. The lowest BCUT2D eigenvalue weighted by molar-refractivity contribution is -0.144. The first-order valence-corrected chi connectivity index (χ1v) is 3.34. The van der Waals surface area contributed by atoms with E-state index >= 15 is 0 Å². The Bertz CT molecular complexity index is 168. The molecule has 12 heavy (non-hydrogen) atoms. The van der Waals surface area contributed by atoms with Crippen LogP contribution in [0.1, 0.15) is 0 Å². The van der Waals surface area contributed by atoms with Gasteiger partial charge in [-0.15, -0.1) is 12.4 Å². The number of halogens is 3. The van der Waals surface area contributed by atoms with Gasteiger partial charge in [-0.2, -0.15) is 0 Å². The molecule has 1 fully saturated rings. The molecule has 1 saturated heterocycles. The first-order valence-electron chi connectivity index (χ1n) is 3.34. The molecular weight excluding hydrogens is 192 g/mol. The first kappa shape index (κ1) is 11.6. The molecule has 3 nitrogen and oxygen atoms in total. The molecule has 0 unspecified atom stereocenters. The van der Waals surface area contributed by atoms with E-state index in [1.807, 2.05) is 0 Å². The number of carbonyl (C=O) groups is 1. The predicted octanol–water partition coefficient (Wildman–Crippen LogP) is 0.593. The molecule has 6 heteroatoms. The van der Waals surface area contributed by atoms with Gasteiger partial charge in [0.15, 0.2) is 0 Å². The highest BCUT2D eigenvalue weighted by Gasteiger charge is 2.38. The van der Waals surface area contributed by atoms with Crippen molar-refractivity contribution in [1.29, 1.82) is 0 Å². The van der Waals surface area contributed by atoms with Gasteiger partial charge in [0.1, 0.15) is 0 Å². The summed E-state index contributed by atoms with van der Waals surface area (Å²) >= 11 is 0. The topological polar surface area (TPSA) is 49.3 Å². The third-order valence-electron chi connectivity index (χ3n) is 1.90. The van der Waals surface area contributed by atoms with E-state index in [9.17, 15) is 13.6 Å². The third-order valence-corrected chi connectivity index (χ3v) is 1.90. The second kappa shape index (κ2) is 4.57. The molecule has 1 aliphatic rings. The van der Waals surface area contributed by atoms with Gasteiger partial charge in [0, 0.05) is 19.0 Å². The highest BCUT2D eigenvalue weighted by Crippen LogP contribution is 2.23. The largest absolute Gasteiger partial charge is 0.481 e. The summed E-state index contributed by atoms with van der Waals surface area (Å²) in [4.78, 5) is 10.3. The summed E-state index contributed by atoms with van der Waals surface area (Å²) in [6, 6.07) is 0. The van der Waals surface area contributed by atoms with Gasteiger partial charge in [0.05, 0.1) is 5.92 Å². The van der Waals surface area contributed by atoms with Crippen molar-refractivity contribution in [3.05, 3.63) is 0 Å². The van der Waals surface area contributed by atoms with Crippen LogP contribution in [0.4, 0.5) is 8.78 Å². The Morgan fingerprint density at radius 3 is 2.42 bits per heavy atom. The molecule has 1 rings (SSSR count). The van der Waals surface area contributed by atoms with Crippen LogP contribution in [0.2, 0.25) is 0 Å². The lowest BCUT2D eigenvalue weighted by atomic mass is 9.97. The van der Waals surface area contributed by atoms with Crippen LogP contribution < -0.4 is 5.32 Å². The van der Waals surface area contributed by atoms with Gasteiger partial charge in [-0.1, -0.05) is 0 Å². The molecule has 72 valence electrons. The van der Waals surface area contributed by atoms with Crippen molar-refractivity contribution in [3.63, 3.8) is 0 Å². The molecule has 0 aromatic rings. The Kier molecular flexibility index (Phi) is 4.41. The van der Waals surface area contributed by atoms with Crippen LogP contribution in [-0.2, 0) is 4.79 Å². The number of aliphatic carboxylic acids is 1. The zero-order valence-corrected chi connectivity index (χ0v) is 6.98. The summed E-state index contributed by atoms with van der Waals surface area (Å²) in [5.41, 5.74) is 0. The Hall–Kier alpha value is -0.420. The number of rotatable bonds is 2. The molecule has 0 amide bonds. The molecule has 0 aromatic carbocycles. The molecule has 0 aromatic heterocycles. The molecule has 2 atom stereocenters. The van der Waals surface area contributed by atoms with Crippen LogP contribution in [0.3, 0.4) is 0 Å². The first-order chi connectivity index (χ1) is 5.13. The molecular formula is C6H10ClF2NO2. The Morgan fingerprint density at radius 2 is 2.08 bits per heavy atom. The summed E-state index contributed by atoms with van der Waals surface area (Å²) < 4.78 is 24.1. The zero-order valence-electron chi connectivity index (χ0n) is 6.17. The lowest BCUT2D eigenvalue weighted by Gasteiger charge is -2.12. The number of carboxylic acids is 1. The van der Waals surface area contributed by atoms with Crippen molar-refractivity contribution >= 4 is 18.4 Å². The molecule has 0 spiro atoms. The normalized spacial score (nSPS) is 28.6. The Balaban J connectivity index is 0.00000121. The number of hydrogen-bond acceptors (Lipinski definition) is 2. The van der Waals surface area contributed by atoms with E-state index in [1.165, 1.54) is 0 Å². The molecule has 0 saturated carbocycles. The third kappa shape index (κ3) is 2.28. The Labute approximate surface area is 74.5 Å². The summed E-state index contributed by atoms with van der Waals surface area (Å²) in [5.74, 6) is -3.08. The molecule has 0 radical (unpaired) electrons. The number of alkyl halides is 2. The fourth-order valence-corrected chi connectivity index (χ4v) is 1.23. The van der Waals surface area contributed by atoms with Crippen LogP contribution in [0.5, 0.6) is 0 Å². The Morgan fingerprint density at radius 1 is 1.50 bits per heavy atom. The van der Waals surface area contributed by atoms with Crippen molar-refractivity contribution in [2.24, 2.45) is 11.8 Å². The highest BCUT2D eigenvalue weighted by molar-refractivity contribution is 5.85. The van der Waals surface area contributed by atoms with Crippen LogP contribution in [0.15, 0.2) is 0 Å². The monoisotopic (exact) mass is 201 g/mol. The summed E-state index contributed by atoms with van der Waals surface area (Å²) in [7, 11) is 0. The summed E-state index contributed by atoms with van der Waals surface area (Å²) in [6.45, 7) is 0.263. The lowest BCUT2D eigenvalue weighted by Crippen LogP contribution is -2.27.